The zero-order valence-corrected chi connectivity index (χ0v) is 10.9. The molecule has 1 aromatic rings. The van der Waals surface area contributed by atoms with Crippen molar-refractivity contribution in [3.63, 3.8) is 0 Å². The minimum absolute atomic E-state index is 0.373. The van der Waals surface area contributed by atoms with Gasteiger partial charge in [-0.2, -0.15) is 8.42 Å². The monoisotopic (exact) mass is 242 g/mol. The van der Waals surface area contributed by atoms with Crippen molar-refractivity contribution in [2.45, 2.75) is 38.9 Å². The average Bonchev–Trinajstić information content (AvgIpc) is 2.17. The first-order valence-corrected chi connectivity index (χ1v) is 6.83. The molecule has 0 fully saturated rings. The van der Waals surface area contributed by atoms with Crippen LogP contribution in [0.4, 0.5) is 0 Å². The van der Waals surface area contributed by atoms with Gasteiger partial charge in [-0.1, -0.05) is 26.0 Å². The fourth-order valence-electron chi connectivity index (χ4n) is 1.14. The van der Waals surface area contributed by atoms with E-state index in [0.29, 0.717) is 11.7 Å². The van der Waals surface area contributed by atoms with E-state index < -0.39 is 15.4 Å². The standard InChI is InChI=1S/C12H18O3S/c1-9(2)11-5-7-12(8-6-11)15-16(13,14)10(3)4/h5-10H,1-4H3. The molecule has 0 aliphatic rings. The second kappa shape index (κ2) is 4.87. The van der Waals surface area contributed by atoms with Crippen LogP contribution in [0.1, 0.15) is 39.2 Å². The van der Waals surface area contributed by atoms with E-state index in [1.807, 2.05) is 12.1 Å². The highest BCUT2D eigenvalue weighted by molar-refractivity contribution is 7.87. The molecule has 0 atom stereocenters. The van der Waals surface area contributed by atoms with Crippen molar-refractivity contribution in [1.29, 1.82) is 0 Å². The first kappa shape index (κ1) is 13.0. The third kappa shape index (κ3) is 3.23. The number of benzene rings is 1. The molecule has 1 rings (SSSR count). The van der Waals surface area contributed by atoms with Gasteiger partial charge in [-0.25, -0.2) is 0 Å². The Kier molecular flexibility index (Phi) is 3.97. The molecule has 0 spiro atoms. The molecule has 16 heavy (non-hydrogen) atoms. The van der Waals surface area contributed by atoms with E-state index in [1.54, 1.807) is 26.0 Å². The van der Waals surface area contributed by atoms with Crippen LogP contribution in [0, 0.1) is 0 Å². The summed E-state index contributed by atoms with van der Waals surface area (Å²) in [7, 11) is -3.48. The number of hydrogen-bond donors (Lipinski definition) is 0. The van der Waals surface area contributed by atoms with Crippen molar-refractivity contribution < 1.29 is 12.6 Å². The molecule has 0 saturated heterocycles. The molecule has 0 aliphatic heterocycles. The average molecular weight is 242 g/mol. The van der Waals surface area contributed by atoms with Gasteiger partial charge in [-0.3, -0.25) is 0 Å². The van der Waals surface area contributed by atoms with E-state index in [-0.39, 0.29) is 0 Å². The van der Waals surface area contributed by atoms with Crippen LogP contribution in [0.15, 0.2) is 24.3 Å². The lowest BCUT2D eigenvalue weighted by Gasteiger charge is -2.10. The zero-order valence-electron chi connectivity index (χ0n) is 10.1. The fraction of sp³-hybridized carbons (Fsp3) is 0.500. The summed E-state index contributed by atoms with van der Waals surface area (Å²) in [6.07, 6.45) is 0. The van der Waals surface area contributed by atoms with Crippen LogP contribution in [0.25, 0.3) is 0 Å². The molecule has 0 heterocycles. The molecular formula is C12H18O3S. The Hall–Kier alpha value is -1.03. The van der Waals surface area contributed by atoms with E-state index in [4.69, 9.17) is 4.18 Å². The summed E-state index contributed by atoms with van der Waals surface area (Å²) in [5.41, 5.74) is 1.16. The maximum absolute atomic E-state index is 11.5. The van der Waals surface area contributed by atoms with Crippen molar-refractivity contribution in [3.05, 3.63) is 29.8 Å². The smallest absolute Gasteiger partial charge is 0.311 e. The molecule has 0 radical (unpaired) electrons. The maximum atomic E-state index is 11.5. The van der Waals surface area contributed by atoms with Gasteiger partial charge in [0.25, 0.3) is 0 Å². The fourth-order valence-corrected chi connectivity index (χ4v) is 1.71. The quantitative estimate of drug-likeness (QED) is 0.762. The van der Waals surface area contributed by atoms with Crippen LogP contribution in [0.3, 0.4) is 0 Å². The molecule has 0 aliphatic carbocycles. The van der Waals surface area contributed by atoms with Crippen molar-refractivity contribution in [2.75, 3.05) is 0 Å². The topological polar surface area (TPSA) is 43.4 Å². The van der Waals surface area contributed by atoms with Crippen molar-refractivity contribution in [2.24, 2.45) is 0 Å². The number of rotatable bonds is 4. The molecule has 90 valence electrons. The van der Waals surface area contributed by atoms with E-state index in [9.17, 15) is 8.42 Å². The zero-order chi connectivity index (χ0) is 12.3. The molecule has 1 aromatic carbocycles. The van der Waals surface area contributed by atoms with Crippen LogP contribution in [0.5, 0.6) is 5.75 Å². The van der Waals surface area contributed by atoms with Crippen LogP contribution < -0.4 is 4.18 Å². The Bertz CT molecular complexity index is 430. The van der Waals surface area contributed by atoms with Crippen LogP contribution in [0.2, 0.25) is 0 Å². The highest BCUT2D eigenvalue weighted by Crippen LogP contribution is 2.20. The van der Waals surface area contributed by atoms with Crippen molar-refractivity contribution in [1.82, 2.24) is 0 Å². The van der Waals surface area contributed by atoms with Gasteiger partial charge in [0, 0.05) is 0 Å². The van der Waals surface area contributed by atoms with Crippen LogP contribution >= 0.6 is 0 Å². The van der Waals surface area contributed by atoms with Gasteiger partial charge < -0.3 is 4.18 Å². The number of hydrogen-bond acceptors (Lipinski definition) is 3. The Morgan fingerprint density at radius 1 is 1.00 bits per heavy atom. The molecule has 4 heteroatoms. The van der Waals surface area contributed by atoms with E-state index >= 15 is 0 Å². The summed E-state index contributed by atoms with van der Waals surface area (Å²) in [6.45, 7) is 7.36. The minimum Gasteiger partial charge on any atom is -0.382 e. The Morgan fingerprint density at radius 3 is 1.88 bits per heavy atom. The van der Waals surface area contributed by atoms with Gasteiger partial charge in [0.05, 0.1) is 5.25 Å². The second-order valence-corrected chi connectivity index (χ2v) is 6.44. The van der Waals surface area contributed by atoms with Crippen molar-refractivity contribution >= 4 is 10.1 Å². The highest BCUT2D eigenvalue weighted by Gasteiger charge is 2.17. The largest absolute Gasteiger partial charge is 0.382 e. The molecule has 0 unspecified atom stereocenters. The van der Waals surface area contributed by atoms with Crippen LogP contribution in [-0.4, -0.2) is 13.7 Å². The normalized spacial score (nSPS) is 12.1. The summed E-state index contributed by atoms with van der Waals surface area (Å²) in [5.74, 6) is 0.800. The summed E-state index contributed by atoms with van der Waals surface area (Å²) >= 11 is 0. The van der Waals surface area contributed by atoms with Gasteiger partial charge in [-0.15, -0.1) is 0 Å². The molecule has 0 N–H and O–H groups in total. The first-order valence-electron chi connectivity index (χ1n) is 5.36. The summed E-state index contributed by atoms with van der Waals surface area (Å²) in [4.78, 5) is 0. The highest BCUT2D eigenvalue weighted by atomic mass is 32.2. The van der Waals surface area contributed by atoms with E-state index in [2.05, 4.69) is 13.8 Å². The van der Waals surface area contributed by atoms with E-state index in [1.165, 1.54) is 0 Å². The summed E-state index contributed by atoms with van der Waals surface area (Å²) in [6, 6.07) is 7.15. The first-order chi connectivity index (χ1) is 7.33. The van der Waals surface area contributed by atoms with Crippen LogP contribution in [-0.2, 0) is 10.1 Å². The van der Waals surface area contributed by atoms with Gasteiger partial charge in [0.2, 0.25) is 0 Å². The lowest BCUT2D eigenvalue weighted by molar-refractivity contribution is 0.477. The third-order valence-corrected chi connectivity index (χ3v) is 3.92. The molecular weight excluding hydrogens is 224 g/mol. The van der Waals surface area contributed by atoms with Gasteiger partial charge in [0.1, 0.15) is 5.75 Å². The lowest BCUT2D eigenvalue weighted by atomic mass is 10.0. The Labute approximate surface area is 97.6 Å². The molecule has 0 amide bonds. The predicted molar refractivity (Wildman–Crippen MR) is 65.2 cm³/mol. The minimum atomic E-state index is -3.48. The molecule has 0 saturated carbocycles. The lowest BCUT2D eigenvalue weighted by Crippen LogP contribution is -2.19. The van der Waals surface area contributed by atoms with E-state index in [0.717, 1.165) is 5.56 Å². The Morgan fingerprint density at radius 2 is 1.50 bits per heavy atom. The predicted octanol–water partition coefficient (Wildman–Crippen LogP) is 2.93. The van der Waals surface area contributed by atoms with Gasteiger partial charge >= 0.3 is 10.1 Å². The molecule has 0 bridgehead atoms. The Balaban J connectivity index is 2.85. The summed E-state index contributed by atoms with van der Waals surface area (Å²) in [5, 5.41) is -0.530. The van der Waals surface area contributed by atoms with Crippen molar-refractivity contribution in [3.8, 4) is 5.75 Å². The molecule has 3 nitrogen and oxygen atoms in total. The molecule has 0 aromatic heterocycles. The SMILES string of the molecule is CC(C)c1ccc(OS(=O)(=O)C(C)C)cc1. The van der Waals surface area contributed by atoms with Gasteiger partial charge in [0.15, 0.2) is 0 Å². The maximum Gasteiger partial charge on any atom is 0.311 e. The van der Waals surface area contributed by atoms with Gasteiger partial charge in [-0.05, 0) is 37.5 Å². The summed E-state index contributed by atoms with van der Waals surface area (Å²) < 4.78 is 28.0. The third-order valence-electron chi connectivity index (χ3n) is 2.34. The second-order valence-electron chi connectivity index (χ2n) is 4.35.